The summed E-state index contributed by atoms with van der Waals surface area (Å²) >= 11 is 6.62. The van der Waals surface area contributed by atoms with Gasteiger partial charge in [0.15, 0.2) is 8.32 Å². The van der Waals surface area contributed by atoms with E-state index in [2.05, 4.69) is 47.0 Å². The lowest BCUT2D eigenvalue weighted by Gasteiger charge is -2.60. The van der Waals surface area contributed by atoms with Crippen molar-refractivity contribution in [3.05, 3.63) is 12.2 Å². The van der Waals surface area contributed by atoms with Gasteiger partial charge in [0.2, 0.25) is 0 Å². The lowest BCUT2D eigenvalue weighted by atomic mass is 9.46. The second kappa shape index (κ2) is 6.31. The molecule has 2 rings (SSSR count). The molecule has 0 aromatic rings. The third-order valence-electron chi connectivity index (χ3n) is 6.08. The molecule has 0 N–H and O–H groups in total. The Morgan fingerprint density at radius 3 is 2.43 bits per heavy atom. The maximum absolute atomic E-state index is 11.4. The average Bonchev–Trinajstić information content (AvgIpc) is 2.34. The summed E-state index contributed by atoms with van der Waals surface area (Å²) in [7, 11) is -1.65. The quantitative estimate of drug-likeness (QED) is 0.291. The van der Waals surface area contributed by atoms with Crippen LogP contribution in [0.3, 0.4) is 0 Å². The smallest absolute Gasteiger partial charge is 0.184 e. The molecule has 2 saturated carbocycles. The zero-order valence-corrected chi connectivity index (χ0v) is 17.4. The molecule has 0 spiro atoms. The molecular weight excluding hydrogens is 324 g/mol. The number of carbonyl (C=O) groups excluding carboxylic acids is 1. The summed E-state index contributed by atoms with van der Waals surface area (Å²) in [6.45, 7) is 18.1. The van der Waals surface area contributed by atoms with Crippen molar-refractivity contribution >= 4 is 26.2 Å². The Morgan fingerprint density at radius 2 is 1.91 bits per heavy atom. The van der Waals surface area contributed by atoms with Crippen LogP contribution in [0.15, 0.2) is 12.2 Å². The molecule has 0 unspecified atom stereocenters. The zero-order chi connectivity index (χ0) is 17.6. The molecule has 0 aliphatic heterocycles. The normalized spacial score (nSPS) is 40.6. The Bertz CT molecular complexity index is 482. The summed E-state index contributed by atoms with van der Waals surface area (Å²) in [5.41, 5.74) is 1.34. The lowest BCUT2D eigenvalue weighted by molar-refractivity contribution is -0.114. The minimum Gasteiger partial charge on any atom is -0.411 e. The Labute approximate surface area is 148 Å². The van der Waals surface area contributed by atoms with Gasteiger partial charge in [0.05, 0.1) is 6.10 Å². The zero-order valence-electron chi connectivity index (χ0n) is 15.6. The largest absolute Gasteiger partial charge is 0.411 e. The minimum absolute atomic E-state index is 0.0471. The lowest BCUT2D eigenvalue weighted by Crippen LogP contribution is -2.56. The summed E-state index contributed by atoms with van der Waals surface area (Å²) in [5, 5.41) is 0.183. The van der Waals surface area contributed by atoms with Crippen LogP contribution in [0.1, 0.15) is 46.5 Å². The Morgan fingerprint density at radius 1 is 1.30 bits per heavy atom. The second-order valence-corrected chi connectivity index (χ2v) is 14.6. The molecule has 2 fully saturated rings. The van der Waals surface area contributed by atoms with Crippen LogP contribution < -0.4 is 0 Å². The first-order valence-electron chi connectivity index (χ1n) is 8.85. The number of hydrogen-bond donors (Lipinski definition) is 0. The molecule has 2 aliphatic rings. The van der Waals surface area contributed by atoms with Gasteiger partial charge in [-0.25, -0.2) is 0 Å². The minimum atomic E-state index is -1.65. The van der Waals surface area contributed by atoms with E-state index >= 15 is 0 Å². The molecule has 4 heteroatoms. The Hall–Kier alpha value is -0.123. The van der Waals surface area contributed by atoms with Crippen molar-refractivity contribution in [1.82, 2.24) is 0 Å². The third kappa shape index (κ3) is 3.77. The molecule has 132 valence electrons. The number of halogens is 1. The fraction of sp³-hybridized carbons (Fsp3) is 0.842. The van der Waals surface area contributed by atoms with Gasteiger partial charge in [-0.05, 0) is 67.1 Å². The second-order valence-electron chi connectivity index (χ2n) is 9.54. The fourth-order valence-corrected chi connectivity index (χ4v) is 7.18. The first-order valence-corrected chi connectivity index (χ1v) is 12.7. The van der Waals surface area contributed by atoms with E-state index in [-0.39, 0.29) is 28.2 Å². The maximum atomic E-state index is 11.4. The molecule has 0 heterocycles. The molecule has 0 radical (unpaired) electrons. The Kier molecular flexibility index (Phi) is 5.27. The van der Waals surface area contributed by atoms with Crippen LogP contribution in [0.2, 0.25) is 19.6 Å². The fourth-order valence-electron chi connectivity index (χ4n) is 5.35. The summed E-state index contributed by atoms with van der Waals surface area (Å²) in [5.74, 6) is 0.697. The van der Waals surface area contributed by atoms with Crippen LogP contribution in [0.4, 0.5) is 0 Å². The molecule has 23 heavy (non-hydrogen) atoms. The molecular formula is C19H33ClO2Si. The SMILES string of the molecule is C=C1[C@@H](O[Si](C)(C)C)C[C@H]2C(C)(C)C[C@H](Cl)C[C@]2(C)[C@H]1CC=O. The highest BCUT2D eigenvalue weighted by atomic mass is 35.5. The molecule has 0 aromatic carbocycles. The van der Waals surface area contributed by atoms with Crippen molar-refractivity contribution in [2.75, 3.05) is 0 Å². The number of rotatable bonds is 4. The van der Waals surface area contributed by atoms with Crippen LogP contribution in [-0.4, -0.2) is 26.1 Å². The standard InChI is InChI=1S/C19H33ClO2Si/c1-13-15(8-9-21)19(4)12-14(20)11-18(2,3)17(19)10-16(13)22-23(5,6)7/h9,14-17H,1,8,10-12H2,2-7H3/t14-,15-,16-,17-,19+/m0/s1. The molecule has 0 bridgehead atoms. The van der Waals surface area contributed by atoms with E-state index in [9.17, 15) is 4.79 Å². The van der Waals surface area contributed by atoms with Crippen LogP contribution in [0.5, 0.6) is 0 Å². The van der Waals surface area contributed by atoms with Gasteiger partial charge in [-0.2, -0.15) is 0 Å². The topological polar surface area (TPSA) is 26.3 Å². The number of aldehydes is 1. The average molecular weight is 357 g/mol. The van der Waals surface area contributed by atoms with Gasteiger partial charge in [0, 0.05) is 11.8 Å². The van der Waals surface area contributed by atoms with E-state index in [1.165, 1.54) is 0 Å². The van der Waals surface area contributed by atoms with E-state index in [0.717, 1.165) is 31.1 Å². The monoisotopic (exact) mass is 356 g/mol. The van der Waals surface area contributed by atoms with E-state index in [1.807, 2.05) is 0 Å². The van der Waals surface area contributed by atoms with Crippen LogP contribution in [0.25, 0.3) is 0 Å². The maximum Gasteiger partial charge on any atom is 0.184 e. The molecule has 0 amide bonds. The van der Waals surface area contributed by atoms with Crippen LogP contribution in [-0.2, 0) is 9.22 Å². The van der Waals surface area contributed by atoms with Crippen molar-refractivity contribution in [1.29, 1.82) is 0 Å². The van der Waals surface area contributed by atoms with Crippen molar-refractivity contribution in [2.45, 2.75) is 77.6 Å². The van der Waals surface area contributed by atoms with E-state index in [4.69, 9.17) is 16.0 Å². The van der Waals surface area contributed by atoms with Crippen LogP contribution >= 0.6 is 11.6 Å². The van der Waals surface area contributed by atoms with Gasteiger partial charge < -0.3 is 9.22 Å². The van der Waals surface area contributed by atoms with Crippen molar-refractivity contribution in [2.24, 2.45) is 22.7 Å². The summed E-state index contributed by atoms with van der Waals surface area (Å²) < 4.78 is 6.47. The number of hydrogen-bond acceptors (Lipinski definition) is 2. The van der Waals surface area contributed by atoms with Gasteiger partial charge in [-0.3, -0.25) is 0 Å². The Balaban J connectivity index is 2.41. The molecule has 2 nitrogen and oxygen atoms in total. The van der Waals surface area contributed by atoms with Gasteiger partial charge in [0.1, 0.15) is 6.29 Å². The summed E-state index contributed by atoms with van der Waals surface area (Å²) in [6.07, 6.45) is 4.72. The van der Waals surface area contributed by atoms with E-state index in [1.54, 1.807) is 0 Å². The third-order valence-corrected chi connectivity index (χ3v) is 7.38. The van der Waals surface area contributed by atoms with Crippen LogP contribution in [0, 0.1) is 22.7 Å². The molecule has 0 aromatic heterocycles. The number of carbonyl (C=O) groups is 1. The van der Waals surface area contributed by atoms with Crippen molar-refractivity contribution in [3.8, 4) is 0 Å². The highest BCUT2D eigenvalue weighted by Crippen LogP contribution is 2.62. The molecule has 2 aliphatic carbocycles. The first-order chi connectivity index (χ1) is 10.4. The first kappa shape index (κ1) is 19.2. The van der Waals surface area contributed by atoms with E-state index in [0.29, 0.717) is 12.3 Å². The predicted octanol–water partition coefficient (Wildman–Crippen LogP) is 5.42. The van der Waals surface area contributed by atoms with Crippen molar-refractivity contribution < 1.29 is 9.22 Å². The highest BCUT2D eigenvalue weighted by molar-refractivity contribution is 6.69. The van der Waals surface area contributed by atoms with Gasteiger partial charge in [0.25, 0.3) is 0 Å². The molecule has 0 saturated heterocycles. The predicted molar refractivity (Wildman–Crippen MR) is 100 cm³/mol. The van der Waals surface area contributed by atoms with Gasteiger partial charge >= 0.3 is 0 Å². The van der Waals surface area contributed by atoms with Gasteiger partial charge in [-0.1, -0.05) is 27.4 Å². The highest BCUT2D eigenvalue weighted by Gasteiger charge is 2.57. The van der Waals surface area contributed by atoms with Gasteiger partial charge in [-0.15, -0.1) is 11.6 Å². The summed E-state index contributed by atoms with van der Waals surface area (Å²) in [4.78, 5) is 11.4. The van der Waals surface area contributed by atoms with E-state index < -0.39 is 8.32 Å². The number of alkyl halides is 1. The molecule has 5 atom stereocenters. The summed E-state index contributed by atoms with van der Waals surface area (Å²) in [6, 6.07) is 0. The number of fused-ring (bicyclic) bond motifs is 1. The van der Waals surface area contributed by atoms with Crippen molar-refractivity contribution in [3.63, 3.8) is 0 Å².